The zero-order valence-electron chi connectivity index (χ0n) is 11.9. The third-order valence-electron chi connectivity index (χ3n) is 3.19. The zero-order valence-corrected chi connectivity index (χ0v) is 15.1. The summed E-state index contributed by atoms with van der Waals surface area (Å²) in [6.45, 7) is 3.44. The molecule has 0 atom stereocenters. The van der Waals surface area contributed by atoms with Crippen LogP contribution in [0.4, 0.5) is 0 Å². The van der Waals surface area contributed by atoms with E-state index in [1.807, 2.05) is 0 Å². The summed E-state index contributed by atoms with van der Waals surface area (Å²) >= 11 is -0.0298. The molecule has 110 valence electrons. The van der Waals surface area contributed by atoms with Gasteiger partial charge in [0.15, 0.2) is 0 Å². The molecule has 4 heteroatoms. The van der Waals surface area contributed by atoms with Crippen LogP contribution >= 0.6 is 24.8 Å². The van der Waals surface area contributed by atoms with Crippen LogP contribution in [0.2, 0.25) is 0 Å². The van der Waals surface area contributed by atoms with Crippen LogP contribution in [-0.4, -0.2) is 6.54 Å². The van der Waals surface area contributed by atoms with Crippen molar-refractivity contribution in [2.45, 2.75) is 30.9 Å². The fourth-order valence-electron chi connectivity index (χ4n) is 2.15. The predicted molar refractivity (Wildman–Crippen MR) is 89.3 cm³/mol. The topological polar surface area (TPSA) is 12.0 Å². The Balaban J connectivity index is 0.00000180. The quantitative estimate of drug-likeness (QED) is 0.553. The van der Waals surface area contributed by atoms with E-state index in [2.05, 4.69) is 53.2 Å². The Kier molecular flexibility index (Phi) is 11.6. The van der Waals surface area contributed by atoms with E-state index >= 15 is 0 Å². The Morgan fingerprint density at radius 1 is 1.20 bits per heavy atom. The van der Waals surface area contributed by atoms with E-state index in [4.69, 9.17) is 0 Å². The molecule has 1 aliphatic carbocycles. The van der Waals surface area contributed by atoms with Crippen LogP contribution < -0.4 is 3.80 Å². The first-order chi connectivity index (χ1) is 8.92. The first-order valence-electron chi connectivity index (χ1n) is 6.81. The maximum absolute atomic E-state index is 3.64. The van der Waals surface area contributed by atoms with Crippen LogP contribution in [0, 0.1) is 0 Å². The van der Waals surface area contributed by atoms with Gasteiger partial charge in [0, 0.05) is 0 Å². The number of unbranched alkanes of at least 4 members (excludes halogenated alkanes) is 1. The summed E-state index contributed by atoms with van der Waals surface area (Å²) < 4.78 is 4.89. The molecule has 0 aromatic heterocycles. The summed E-state index contributed by atoms with van der Waals surface area (Å²) in [5, 5.41) is 0. The molecule has 1 N–H and O–H groups in total. The molecule has 0 radical (unpaired) electrons. The fraction of sp³-hybridized carbons (Fsp3) is 0.375. The fourth-order valence-corrected chi connectivity index (χ4v) is 3.67. The summed E-state index contributed by atoms with van der Waals surface area (Å²) in [5.41, 5.74) is 4.46. The van der Waals surface area contributed by atoms with Crippen molar-refractivity contribution in [1.82, 2.24) is 3.80 Å². The van der Waals surface area contributed by atoms with Gasteiger partial charge < -0.3 is 0 Å². The molecule has 0 unspecified atom stereocenters. The second kappa shape index (κ2) is 11.6. The van der Waals surface area contributed by atoms with Gasteiger partial charge in [-0.2, -0.15) is 0 Å². The molecule has 20 heavy (non-hydrogen) atoms. The van der Waals surface area contributed by atoms with Crippen LogP contribution in [-0.2, 0) is 24.1 Å². The van der Waals surface area contributed by atoms with Crippen molar-refractivity contribution < 1.29 is 19.4 Å². The number of hydrogen-bond acceptors (Lipinski definition) is 1. The SMILES string of the molecule is CCCC[NH][Ti][CH2]c1ccccc1C1=CC=CC1.Cl.Cl. The minimum atomic E-state index is -0.0298. The molecule has 1 aromatic carbocycles. The number of rotatable bonds is 7. The third kappa shape index (κ3) is 6.16. The molecule has 0 spiro atoms. The Labute approximate surface area is 144 Å². The maximum Gasteiger partial charge on any atom is -0.147 e. The van der Waals surface area contributed by atoms with Gasteiger partial charge in [-0.25, -0.2) is 0 Å². The second-order valence-corrected chi connectivity index (χ2v) is 6.27. The molecule has 1 aliphatic rings. The third-order valence-corrected chi connectivity index (χ3v) is 4.85. The van der Waals surface area contributed by atoms with Crippen LogP contribution in [0.5, 0.6) is 0 Å². The predicted octanol–water partition coefficient (Wildman–Crippen LogP) is 4.76. The van der Waals surface area contributed by atoms with Crippen molar-refractivity contribution in [2.24, 2.45) is 0 Å². The van der Waals surface area contributed by atoms with Crippen LogP contribution in [0.1, 0.15) is 37.3 Å². The monoisotopic (exact) mass is 347 g/mol. The van der Waals surface area contributed by atoms with Gasteiger partial charge in [0.05, 0.1) is 0 Å². The van der Waals surface area contributed by atoms with Gasteiger partial charge in [0.1, 0.15) is 0 Å². The van der Waals surface area contributed by atoms with Crippen molar-refractivity contribution in [3.8, 4) is 0 Å². The molecule has 2 rings (SSSR count). The van der Waals surface area contributed by atoms with Gasteiger partial charge in [-0.1, -0.05) is 0 Å². The van der Waals surface area contributed by atoms with Gasteiger partial charge in [0.25, 0.3) is 0 Å². The van der Waals surface area contributed by atoms with Crippen molar-refractivity contribution in [1.29, 1.82) is 0 Å². The van der Waals surface area contributed by atoms with E-state index in [1.54, 1.807) is 0 Å². The second-order valence-electron chi connectivity index (χ2n) is 4.62. The number of nitrogens with one attached hydrogen (secondary N) is 1. The largest absolute Gasteiger partial charge is 0.147 e. The standard InChI is InChI=1S/C12H11.C4H10N.2ClH.Ti/c1-10-6-2-5-9-12(10)11-7-3-4-8-11;1-2-3-4-5;;;/h2-7,9H,1,8H2;5H,2-4H2,1H3;2*1H;/q;-1;;;+1. The van der Waals surface area contributed by atoms with E-state index in [-0.39, 0.29) is 44.2 Å². The molecule has 0 bridgehead atoms. The first-order valence-corrected chi connectivity index (χ1v) is 8.70. The van der Waals surface area contributed by atoms with Crippen molar-refractivity contribution in [3.05, 3.63) is 53.6 Å². The average molecular weight is 348 g/mol. The average Bonchev–Trinajstić information content (AvgIpc) is 2.93. The summed E-state index contributed by atoms with van der Waals surface area (Å²) in [6.07, 6.45) is 10.3. The van der Waals surface area contributed by atoms with E-state index < -0.39 is 0 Å². The Bertz CT molecular complexity index is 444. The van der Waals surface area contributed by atoms with Gasteiger partial charge in [-0.05, 0) is 0 Å². The number of halogens is 2. The summed E-state index contributed by atoms with van der Waals surface area (Å²) in [7, 11) is 0. The van der Waals surface area contributed by atoms with E-state index in [0.29, 0.717) is 0 Å². The number of hydrogen-bond donors (Lipinski definition) is 1. The molecule has 0 amide bonds. The van der Waals surface area contributed by atoms with Gasteiger partial charge in [-0.3, -0.25) is 0 Å². The Hall–Kier alpha value is -0.0457. The maximum atomic E-state index is 3.64. The van der Waals surface area contributed by atoms with Crippen LogP contribution in [0.15, 0.2) is 42.5 Å². The first kappa shape index (κ1) is 20.0. The van der Waals surface area contributed by atoms with Crippen LogP contribution in [0.25, 0.3) is 5.57 Å². The van der Waals surface area contributed by atoms with E-state index in [0.717, 1.165) is 6.42 Å². The minimum absolute atomic E-state index is 0. The molecule has 1 nitrogen and oxygen atoms in total. The van der Waals surface area contributed by atoms with Crippen molar-refractivity contribution in [3.63, 3.8) is 0 Å². The normalized spacial score (nSPS) is 12.3. The van der Waals surface area contributed by atoms with E-state index in [9.17, 15) is 0 Å². The molecule has 0 fully saturated rings. The zero-order chi connectivity index (χ0) is 12.6. The molecule has 0 saturated carbocycles. The molecule has 1 aromatic rings. The number of allylic oxidation sites excluding steroid dienone is 4. The van der Waals surface area contributed by atoms with Gasteiger partial charge in [-0.15, -0.1) is 24.8 Å². The number of benzene rings is 1. The van der Waals surface area contributed by atoms with E-state index in [1.165, 1.54) is 40.8 Å². The summed E-state index contributed by atoms with van der Waals surface area (Å²) in [5.74, 6) is 0. The Morgan fingerprint density at radius 3 is 2.70 bits per heavy atom. The van der Waals surface area contributed by atoms with Crippen molar-refractivity contribution in [2.75, 3.05) is 6.54 Å². The van der Waals surface area contributed by atoms with Gasteiger partial charge >= 0.3 is 120 Å². The molecular formula is C16H23Cl2NTi. The molecular weight excluding hydrogens is 325 g/mol. The molecule has 0 saturated heterocycles. The summed E-state index contributed by atoms with van der Waals surface area (Å²) in [4.78, 5) is 0. The minimum Gasteiger partial charge on any atom is -0.147 e. The smallest absolute Gasteiger partial charge is 0.147 e. The van der Waals surface area contributed by atoms with Crippen LogP contribution in [0.3, 0.4) is 0 Å². The van der Waals surface area contributed by atoms with Crippen molar-refractivity contribution >= 4 is 30.4 Å². The molecule has 0 aliphatic heterocycles. The summed E-state index contributed by atoms with van der Waals surface area (Å²) in [6, 6.07) is 8.88. The Morgan fingerprint density at radius 2 is 2.00 bits per heavy atom. The molecule has 0 heterocycles. The van der Waals surface area contributed by atoms with Gasteiger partial charge in [0.2, 0.25) is 0 Å².